The molecule has 1 aromatic rings. The molecule has 1 aromatic carbocycles. The van der Waals surface area contributed by atoms with Crippen LogP contribution in [0.5, 0.6) is 0 Å². The lowest BCUT2D eigenvalue weighted by Gasteiger charge is -2.07. The molecule has 108 valence electrons. The van der Waals surface area contributed by atoms with Crippen molar-refractivity contribution in [3.8, 4) is 11.8 Å². The Morgan fingerprint density at radius 1 is 1.50 bits per heavy atom. The van der Waals surface area contributed by atoms with E-state index in [1.165, 1.54) is 18.2 Å². The number of aliphatic hydroxyl groups is 1. The first-order chi connectivity index (χ1) is 9.40. The number of carbonyl (C=O) groups is 1. The monoisotopic (exact) mass is 317 g/mol. The van der Waals surface area contributed by atoms with Gasteiger partial charge in [-0.15, -0.1) is 0 Å². The van der Waals surface area contributed by atoms with E-state index in [2.05, 4.69) is 21.3 Å². The van der Waals surface area contributed by atoms with Crippen LogP contribution in [0.3, 0.4) is 0 Å². The van der Waals surface area contributed by atoms with Crippen LogP contribution in [-0.4, -0.2) is 39.8 Å². The van der Waals surface area contributed by atoms with Crippen molar-refractivity contribution in [3.05, 3.63) is 28.8 Å². The third kappa shape index (κ3) is 4.51. The molecule has 0 amide bonds. The van der Waals surface area contributed by atoms with Crippen molar-refractivity contribution in [1.82, 2.24) is 4.72 Å². The molecule has 0 aliphatic rings. The van der Waals surface area contributed by atoms with Crippen LogP contribution in [0.25, 0.3) is 0 Å². The molecule has 0 bridgehead atoms. The zero-order valence-electron chi connectivity index (χ0n) is 10.5. The van der Waals surface area contributed by atoms with Crippen LogP contribution in [0, 0.1) is 11.8 Å². The molecule has 8 heteroatoms. The summed E-state index contributed by atoms with van der Waals surface area (Å²) in [5.74, 6) is 4.30. The molecule has 0 aliphatic carbocycles. The van der Waals surface area contributed by atoms with E-state index in [1.54, 1.807) is 0 Å². The van der Waals surface area contributed by atoms with Gasteiger partial charge in [-0.1, -0.05) is 23.4 Å². The van der Waals surface area contributed by atoms with Crippen molar-refractivity contribution in [2.24, 2.45) is 0 Å². The number of halogens is 1. The lowest BCUT2D eigenvalue weighted by molar-refractivity contribution is -0.139. The van der Waals surface area contributed by atoms with Crippen molar-refractivity contribution >= 4 is 27.6 Å². The first-order valence-electron chi connectivity index (χ1n) is 5.36. The van der Waals surface area contributed by atoms with Crippen LogP contribution in [-0.2, 0) is 19.6 Å². The van der Waals surface area contributed by atoms with Gasteiger partial charge in [0, 0.05) is 5.56 Å². The van der Waals surface area contributed by atoms with Crippen LogP contribution in [0.1, 0.15) is 5.56 Å². The van der Waals surface area contributed by atoms with E-state index in [9.17, 15) is 13.2 Å². The predicted octanol–water partition coefficient (Wildman–Crippen LogP) is 0.135. The Kier molecular flexibility index (Phi) is 5.98. The molecule has 0 spiro atoms. The fourth-order valence-electron chi connectivity index (χ4n) is 1.24. The van der Waals surface area contributed by atoms with E-state index < -0.39 is 22.5 Å². The first kappa shape index (κ1) is 16.5. The zero-order chi connectivity index (χ0) is 15.2. The van der Waals surface area contributed by atoms with Crippen LogP contribution < -0.4 is 4.72 Å². The van der Waals surface area contributed by atoms with Gasteiger partial charge >= 0.3 is 5.97 Å². The summed E-state index contributed by atoms with van der Waals surface area (Å²) in [7, 11) is -2.76. The van der Waals surface area contributed by atoms with Crippen molar-refractivity contribution < 1.29 is 23.1 Å². The summed E-state index contributed by atoms with van der Waals surface area (Å²) < 4.78 is 30.2. The summed E-state index contributed by atoms with van der Waals surface area (Å²) in [6.45, 7) is -0.792. The first-order valence-corrected chi connectivity index (χ1v) is 7.22. The van der Waals surface area contributed by atoms with E-state index in [0.717, 1.165) is 7.11 Å². The molecule has 6 nitrogen and oxygen atoms in total. The van der Waals surface area contributed by atoms with E-state index in [-0.39, 0.29) is 16.5 Å². The second-order valence-electron chi connectivity index (χ2n) is 3.51. The highest BCUT2D eigenvalue weighted by Crippen LogP contribution is 2.22. The van der Waals surface area contributed by atoms with Gasteiger partial charge in [0.05, 0.1) is 12.1 Å². The highest BCUT2D eigenvalue weighted by molar-refractivity contribution is 7.89. The second kappa shape index (κ2) is 7.26. The molecule has 0 unspecified atom stereocenters. The predicted molar refractivity (Wildman–Crippen MR) is 72.6 cm³/mol. The third-order valence-electron chi connectivity index (χ3n) is 2.17. The Labute approximate surface area is 121 Å². The maximum absolute atomic E-state index is 11.9. The number of rotatable bonds is 4. The smallest absolute Gasteiger partial charge is 0.320 e. The number of esters is 1. The minimum absolute atomic E-state index is 0.0351. The van der Waals surface area contributed by atoms with Crippen molar-refractivity contribution in [2.75, 3.05) is 20.3 Å². The largest absolute Gasteiger partial charge is 0.468 e. The van der Waals surface area contributed by atoms with Gasteiger partial charge in [0.15, 0.2) is 0 Å². The van der Waals surface area contributed by atoms with Gasteiger partial charge in [-0.05, 0) is 18.2 Å². The summed E-state index contributed by atoms with van der Waals surface area (Å²) in [4.78, 5) is 10.8. The van der Waals surface area contributed by atoms with Gasteiger partial charge < -0.3 is 9.84 Å². The second-order valence-corrected chi connectivity index (χ2v) is 5.65. The van der Waals surface area contributed by atoms with Gasteiger partial charge in [0.2, 0.25) is 10.0 Å². The maximum atomic E-state index is 11.9. The normalized spacial score (nSPS) is 10.6. The number of sulfonamides is 1. The quantitative estimate of drug-likeness (QED) is 0.608. The molecule has 0 heterocycles. The third-order valence-corrected chi connectivity index (χ3v) is 4.05. The zero-order valence-corrected chi connectivity index (χ0v) is 12.1. The van der Waals surface area contributed by atoms with Crippen molar-refractivity contribution in [1.29, 1.82) is 0 Å². The number of benzene rings is 1. The maximum Gasteiger partial charge on any atom is 0.320 e. The number of aliphatic hydroxyl groups excluding tert-OH is 1. The number of hydrogen-bond donors (Lipinski definition) is 2. The SMILES string of the molecule is COC(=O)CNS(=O)(=O)c1ccc(C#CCO)cc1Cl. The van der Waals surface area contributed by atoms with Gasteiger partial charge in [0.1, 0.15) is 18.0 Å². The molecule has 0 atom stereocenters. The van der Waals surface area contributed by atoms with Crippen LogP contribution >= 0.6 is 11.6 Å². The van der Waals surface area contributed by atoms with Crippen molar-refractivity contribution in [3.63, 3.8) is 0 Å². The summed E-state index contributed by atoms with van der Waals surface area (Å²) in [5, 5.41) is 8.53. The minimum atomic E-state index is -3.91. The molecular formula is C12H12ClNO5S. The van der Waals surface area contributed by atoms with Crippen LogP contribution in [0.4, 0.5) is 0 Å². The topological polar surface area (TPSA) is 92.7 Å². The molecule has 1 rings (SSSR count). The summed E-state index contributed by atoms with van der Waals surface area (Å²) in [5.41, 5.74) is 0.468. The molecular weight excluding hydrogens is 306 g/mol. The molecule has 0 saturated heterocycles. The molecule has 20 heavy (non-hydrogen) atoms. The number of methoxy groups -OCH3 is 1. The number of hydrogen-bond acceptors (Lipinski definition) is 5. The van der Waals surface area contributed by atoms with Gasteiger partial charge in [0.25, 0.3) is 0 Å². The van der Waals surface area contributed by atoms with Crippen molar-refractivity contribution in [2.45, 2.75) is 4.90 Å². The lowest BCUT2D eigenvalue weighted by Crippen LogP contribution is -2.30. The van der Waals surface area contributed by atoms with E-state index in [0.29, 0.717) is 5.56 Å². The Morgan fingerprint density at radius 3 is 2.75 bits per heavy atom. The lowest BCUT2D eigenvalue weighted by atomic mass is 10.2. The van der Waals surface area contributed by atoms with Gasteiger partial charge in [-0.25, -0.2) is 8.42 Å². The molecule has 2 N–H and O–H groups in total. The average Bonchev–Trinajstić information content (AvgIpc) is 2.42. The Bertz CT molecular complexity index is 660. The Hall–Kier alpha value is -1.59. The Balaban J connectivity index is 2.99. The van der Waals surface area contributed by atoms with Gasteiger partial charge in [-0.3, -0.25) is 4.79 Å². The fraction of sp³-hybridized carbons (Fsp3) is 0.250. The van der Waals surface area contributed by atoms with E-state index in [1.807, 2.05) is 0 Å². The van der Waals surface area contributed by atoms with E-state index >= 15 is 0 Å². The molecule has 0 aliphatic heterocycles. The standard InChI is InChI=1S/C12H12ClNO5S/c1-19-12(16)8-14-20(17,18)11-5-4-9(3-2-6-15)7-10(11)13/h4-5,7,14-15H,6,8H2,1H3. The minimum Gasteiger partial charge on any atom is -0.468 e. The molecule has 0 fully saturated rings. The number of ether oxygens (including phenoxy) is 1. The van der Waals surface area contributed by atoms with Gasteiger partial charge in [-0.2, -0.15) is 4.72 Å². The highest BCUT2D eigenvalue weighted by atomic mass is 35.5. The molecule has 0 saturated carbocycles. The van der Waals surface area contributed by atoms with Crippen LogP contribution in [0.2, 0.25) is 5.02 Å². The Morgan fingerprint density at radius 2 is 2.20 bits per heavy atom. The summed E-state index contributed by atoms with van der Waals surface area (Å²) in [6, 6.07) is 4.07. The number of carbonyl (C=O) groups excluding carboxylic acids is 1. The van der Waals surface area contributed by atoms with E-state index in [4.69, 9.17) is 16.7 Å². The van der Waals surface area contributed by atoms with Crippen LogP contribution in [0.15, 0.2) is 23.1 Å². The summed E-state index contributed by atoms with van der Waals surface area (Å²) in [6.07, 6.45) is 0. The molecule has 0 radical (unpaired) electrons. The summed E-state index contributed by atoms with van der Waals surface area (Å²) >= 11 is 5.88. The highest BCUT2D eigenvalue weighted by Gasteiger charge is 2.19. The average molecular weight is 318 g/mol. The molecule has 0 aromatic heterocycles. The fourth-order valence-corrected chi connectivity index (χ4v) is 2.75. The number of nitrogens with one attached hydrogen (secondary N) is 1.